The van der Waals surface area contributed by atoms with E-state index < -0.39 is 28.6 Å². The molecule has 0 unspecified atom stereocenters. The Morgan fingerprint density at radius 1 is 0.909 bits per heavy atom. The average molecular weight is 467 g/mol. The number of hydrogen-bond donors (Lipinski definition) is 0. The third-order valence-electron chi connectivity index (χ3n) is 5.10. The van der Waals surface area contributed by atoms with Gasteiger partial charge >= 0.3 is 5.97 Å². The number of fused-ring (bicyclic) bond motifs is 1. The van der Waals surface area contributed by atoms with Gasteiger partial charge < -0.3 is 14.2 Å². The van der Waals surface area contributed by atoms with Crippen LogP contribution in [0.3, 0.4) is 0 Å². The molecule has 0 bridgehead atoms. The first kappa shape index (κ1) is 22.3. The molecule has 0 radical (unpaired) electrons. The Morgan fingerprint density at radius 3 is 2.36 bits per heavy atom. The first-order valence-electron chi connectivity index (χ1n) is 10.1. The van der Waals surface area contributed by atoms with Crippen molar-refractivity contribution in [3.05, 3.63) is 89.5 Å². The summed E-state index contributed by atoms with van der Waals surface area (Å²) in [6.07, 6.45) is -0.134. The standard InChI is InChI=1S/C24H21NO7S/c1-30-19-11-6-5-10-18(19)14-22(26)32-16-25-24(27)23-20(12-7-13-21(23)33(25,28)29)31-15-17-8-3-2-4-9-17/h2-13H,14-16H2,1H3. The van der Waals surface area contributed by atoms with Crippen LogP contribution in [0.15, 0.2) is 77.7 Å². The van der Waals surface area contributed by atoms with Gasteiger partial charge in [-0.05, 0) is 23.8 Å². The Hall–Kier alpha value is -3.85. The molecule has 1 aliphatic rings. The molecule has 33 heavy (non-hydrogen) atoms. The minimum absolute atomic E-state index is 0.0748. The van der Waals surface area contributed by atoms with Gasteiger partial charge in [0.25, 0.3) is 15.9 Å². The molecule has 0 atom stereocenters. The predicted octanol–water partition coefficient (Wildman–Crippen LogP) is 3.16. The van der Waals surface area contributed by atoms with Crippen LogP contribution in [0.4, 0.5) is 0 Å². The number of carbonyl (C=O) groups excluding carboxylic acids is 2. The molecule has 4 rings (SSSR count). The van der Waals surface area contributed by atoms with Crippen molar-refractivity contribution < 1.29 is 32.2 Å². The lowest BCUT2D eigenvalue weighted by atomic mass is 10.1. The number of hydrogen-bond acceptors (Lipinski definition) is 7. The lowest BCUT2D eigenvalue weighted by Gasteiger charge is -2.15. The Kier molecular flexibility index (Phi) is 6.32. The van der Waals surface area contributed by atoms with Gasteiger partial charge in [0.15, 0.2) is 6.73 Å². The summed E-state index contributed by atoms with van der Waals surface area (Å²) in [5.41, 5.74) is 1.38. The smallest absolute Gasteiger partial charge is 0.312 e. The minimum atomic E-state index is -4.18. The molecular formula is C24H21NO7S. The summed E-state index contributed by atoms with van der Waals surface area (Å²) in [6, 6.07) is 20.6. The minimum Gasteiger partial charge on any atom is -0.496 e. The molecule has 0 saturated carbocycles. The van der Waals surface area contributed by atoms with E-state index in [1.54, 1.807) is 24.3 Å². The molecule has 0 aliphatic carbocycles. The Bertz CT molecular complexity index is 1290. The van der Waals surface area contributed by atoms with Crippen molar-refractivity contribution in [3.8, 4) is 11.5 Å². The lowest BCUT2D eigenvalue weighted by Crippen LogP contribution is -2.33. The third-order valence-corrected chi connectivity index (χ3v) is 6.85. The average Bonchev–Trinajstić information content (AvgIpc) is 3.02. The summed E-state index contributed by atoms with van der Waals surface area (Å²) >= 11 is 0. The van der Waals surface area contributed by atoms with E-state index in [9.17, 15) is 18.0 Å². The first-order chi connectivity index (χ1) is 15.9. The van der Waals surface area contributed by atoms with Crippen LogP contribution in [0.1, 0.15) is 21.5 Å². The molecule has 1 aliphatic heterocycles. The van der Waals surface area contributed by atoms with Crippen molar-refractivity contribution in [1.29, 1.82) is 0 Å². The largest absolute Gasteiger partial charge is 0.496 e. The molecule has 1 amide bonds. The van der Waals surface area contributed by atoms with E-state index in [0.717, 1.165) is 5.56 Å². The fourth-order valence-corrected chi connectivity index (χ4v) is 4.89. The molecule has 0 fully saturated rings. The van der Waals surface area contributed by atoms with Gasteiger partial charge in [-0.3, -0.25) is 9.59 Å². The topological polar surface area (TPSA) is 99.2 Å². The van der Waals surface area contributed by atoms with E-state index in [-0.39, 0.29) is 29.2 Å². The summed E-state index contributed by atoms with van der Waals surface area (Å²) in [4.78, 5) is 25.1. The third kappa shape index (κ3) is 4.54. The molecule has 0 N–H and O–H groups in total. The van der Waals surface area contributed by atoms with E-state index in [2.05, 4.69) is 0 Å². The van der Waals surface area contributed by atoms with Crippen molar-refractivity contribution in [1.82, 2.24) is 4.31 Å². The fourth-order valence-electron chi connectivity index (χ4n) is 3.46. The highest BCUT2D eigenvalue weighted by atomic mass is 32.2. The van der Waals surface area contributed by atoms with Gasteiger partial charge in [-0.15, -0.1) is 0 Å². The quantitative estimate of drug-likeness (QED) is 0.469. The zero-order chi connectivity index (χ0) is 23.4. The van der Waals surface area contributed by atoms with Crippen LogP contribution >= 0.6 is 0 Å². The maximum absolute atomic E-state index is 13.0. The van der Waals surface area contributed by atoms with Crippen LogP contribution in [-0.2, 0) is 32.6 Å². The van der Waals surface area contributed by atoms with E-state index in [1.807, 2.05) is 30.3 Å². The molecule has 8 nitrogen and oxygen atoms in total. The van der Waals surface area contributed by atoms with Gasteiger partial charge in [0, 0.05) is 5.56 Å². The highest BCUT2D eigenvalue weighted by Gasteiger charge is 2.44. The number of nitrogens with zero attached hydrogens (tertiary/aromatic N) is 1. The van der Waals surface area contributed by atoms with Crippen LogP contribution in [-0.4, -0.2) is 38.4 Å². The second-order valence-electron chi connectivity index (χ2n) is 7.20. The molecule has 0 aromatic heterocycles. The second kappa shape index (κ2) is 9.33. The van der Waals surface area contributed by atoms with Crippen molar-refractivity contribution in [3.63, 3.8) is 0 Å². The lowest BCUT2D eigenvalue weighted by molar-refractivity contribution is -0.144. The molecule has 9 heteroatoms. The summed E-state index contributed by atoms with van der Waals surface area (Å²) in [5.74, 6) is -0.850. The SMILES string of the molecule is COc1ccccc1CC(=O)OCN1C(=O)c2c(OCc3ccccc3)cccc2S1(=O)=O. The van der Waals surface area contributed by atoms with Crippen LogP contribution in [0.5, 0.6) is 11.5 Å². The van der Waals surface area contributed by atoms with Crippen molar-refractivity contribution in [2.24, 2.45) is 0 Å². The van der Waals surface area contributed by atoms with Gasteiger partial charge in [-0.25, -0.2) is 8.42 Å². The van der Waals surface area contributed by atoms with E-state index in [4.69, 9.17) is 14.2 Å². The van der Waals surface area contributed by atoms with Crippen molar-refractivity contribution in [2.75, 3.05) is 13.8 Å². The highest BCUT2D eigenvalue weighted by Crippen LogP contribution is 2.36. The van der Waals surface area contributed by atoms with E-state index >= 15 is 0 Å². The van der Waals surface area contributed by atoms with E-state index in [0.29, 0.717) is 15.6 Å². The van der Waals surface area contributed by atoms with Gasteiger partial charge in [0.05, 0.1) is 13.5 Å². The normalized spacial score (nSPS) is 14.0. The number of amides is 1. The zero-order valence-corrected chi connectivity index (χ0v) is 18.6. The zero-order valence-electron chi connectivity index (χ0n) is 17.8. The van der Waals surface area contributed by atoms with Gasteiger partial charge in [0.1, 0.15) is 28.6 Å². The first-order valence-corrected chi connectivity index (χ1v) is 11.5. The Balaban J connectivity index is 1.48. The van der Waals surface area contributed by atoms with Gasteiger partial charge in [0.2, 0.25) is 0 Å². The molecule has 1 heterocycles. The number of carbonyl (C=O) groups is 2. The molecule has 170 valence electrons. The summed E-state index contributed by atoms with van der Waals surface area (Å²) in [6.45, 7) is -0.569. The molecule has 0 spiro atoms. The number of methoxy groups -OCH3 is 1. The summed E-state index contributed by atoms with van der Waals surface area (Å²) in [7, 11) is -2.70. The van der Waals surface area contributed by atoms with Gasteiger partial charge in [-0.1, -0.05) is 54.6 Å². The van der Waals surface area contributed by atoms with Crippen molar-refractivity contribution in [2.45, 2.75) is 17.9 Å². The molecule has 3 aromatic rings. The van der Waals surface area contributed by atoms with E-state index in [1.165, 1.54) is 25.3 Å². The molecular weight excluding hydrogens is 446 g/mol. The van der Waals surface area contributed by atoms with Gasteiger partial charge in [-0.2, -0.15) is 4.31 Å². The number of para-hydroxylation sites is 1. The van der Waals surface area contributed by atoms with Crippen LogP contribution < -0.4 is 9.47 Å². The highest BCUT2D eigenvalue weighted by molar-refractivity contribution is 7.90. The van der Waals surface area contributed by atoms with Crippen LogP contribution in [0, 0.1) is 0 Å². The fraction of sp³-hybridized carbons (Fsp3) is 0.167. The number of benzene rings is 3. The maximum Gasteiger partial charge on any atom is 0.312 e. The van der Waals surface area contributed by atoms with Crippen LogP contribution in [0.25, 0.3) is 0 Å². The predicted molar refractivity (Wildman–Crippen MR) is 118 cm³/mol. The second-order valence-corrected chi connectivity index (χ2v) is 9.03. The number of sulfonamides is 1. The maximum atomic E-state index is 13.0. The summed E-state index contributed by atoms with van der Waals surface area (Å²) in [5, 5.41) is 0. The van der Waals surface area contributed by atoms with Crippen LogP contribution in [0.2, 0.25) is 0 Å². The van der Waals surface area contributed by atoms with Crippen molar-refractivity contribution >= 4 is 21.9 Å². The Morgan fingerprint density at radius 2 is 1.61 bits per heavy atom. The molecule has 3 aromatic carbocycles. The summed E-state index contributed by atoms with van der Waals surface area (Å²) < 4.78 is 42.5. The number of esters is 1. The number of ether oxygens (including phenoxy) is 3. The molecule has 0 saturated heterocycles. The Labute approximate surface area is 191 Å². The monoisotopic (exact) mass is 467 g/mol. The number of rotatable bonds is 8.